The molecule has 1 N–H and O–H groups in total. The number of alkyl halides is 3. The molecule has 21 heavy (non-hydrogen) atoms. The van der Waals surface area contributed by atoms with E-state index in [0.29, 0.717) is 24.0 Å². The zero-order chi connectivity index (χ0) is 15.2. The Labute approximate surface area is 123 Å². The highest BCUT2D eigenvalue weighted by molar-refractivity contribution is 7.71. The largest absolute Gasteiger partial charge is 0.431 e. The Bertz CT molecular complexity index is 828. The minimum atomic E-state index is -4.55. The summed E-state index contributed by atoms with van der Waals surface area (Å²) < 4.78 is 39.8. The normalized spacial score (nSPS) is 13.2. The number of rotatable bonds is 0. The van der Waals surface area contributed by atoms with E-state index in [1.165, 1.54) is 0 Å². The predicted molar refractivity (Wildman–Crippen MR) is 74.2 cm³/mol. The molecule has 0 spiro atoms. The number of nitriles is 1. The Hall–Kier alpha value is -2.13. The van der Waals surface area contributed by atoms with Crippen LogP contribution in [-0.4, -0.2) is 4.98 Å². The van der Waals surface area contributed by atoms with Gasteiger partial charge in [-0.15, -0.1) is 0 Å². The van der Waals surface area contributed by atoms with Crippen molar-refractivity contribution in [3.63, 3.8) is 0 Å². The van der Waals surface area contributed by atoms with Crippen molar-refractivity contribution in [3.8, 4) is 17.2 Å². The highest BCUT2D eigenvalue weighted by atomic mass is 32.1. The highest BCUT2D eigenvalue weighted by Crippen LogP contribution is 2.43. The Morgan fingerprint density at radius 2 is 1.90 bits per heavy atom. The first-order valence-electron chi connectivity index (χ1n) is 6.28. The average Bonchev–Trinajstić information content (AvgIpc) is 2.45. The first-order valence-corrected chi connectivity index (χ1v) is 6.69. The number of pyridine rings is 1. The van der Waals surface area contributed by atoms with Crippen molar-refractivity contribution in [2.45, 2.75) is 19.0 Å². The maximum Gasteiger partial charge on any atom is 0.431 e. The molecule has 3 rings (SSSR count). The summed E-state index contributed by atoms with van der Waals surface area (Å²) in [5, 5.41) is 9.20. The van der Waals surface area contributed by atoms with Crippen LogP contribution in [0.3, 0.4) is 0 Å². The van der Waals surface area contributed by atoms with Crippen molar-refractivity contribution >= 4 is 12.2 Å². The number of nitrogens with one attached hydrogen (secondary N) is 1. The molecule has 1 aromatic carbocycles. The van der Waals surface area contributed by atoms with Crippen molar-refractivity contribution in [1.29, 1.82) is 5.26 Å². The van der Waals surface area contributed by atoms with E-state index in [1.807, 2.05) is 12.1 Å². The second kappa shape index (κ2) is 4.71. The van der Waals surface area contributed by atoms with Gasteiger partial charge >= 0.3 is 6.18 Å². The second-order valence-electron chi connectivity index (χ2n) is 4.82. The molecule has 1 aromatic heterocycles. The summed E-state index contributed by atoms with van der Waals surface area (Å²) in [6.07, 6.45) is -3.55. The molecule has 0 radical (unpaired) electrons. The van der Waals surface area contributed by atoms with Gasteiger partial charge in [-0.2, -0.15) is 18.4 Å². The molecule has 1 aliphatic carbocycles. The monoisotopic (exact) mass is 306 g/mol. The number of hydrogen-bond donors (Lipinski definition) is 1. The number of aromatic amines is 1. The van der Waals surface area contributed by atoms with Crippen LogP contribution in [0.2, 0.25) is 0 Å². The van der Waals surface area contributed by atoms with E-state index in [2.05, 4.69) is 4.98 Å². The van der Waals surface area contributed by atoms with Crippen LogP contribution in [0.5, 0.6) is 0 Å². The van der Waals surface area contributed by atoms with Crippen LogP contribution in [0.1, 0.15) is 22.4 Å². The number of aryl methyl sites for hydroxylation is 1. The summed E-state index contributed by atoms with van der Waals surface area (Å²) in [5.41, 5.74) is 1.11. The van der Waals surface area contributed by atoms with Crippen LogP contribution >= 0.6 is 12.2 Å². The second-order valence-corrected chi connectivity index (χ2v) is 5.23. The zero-order valence-corrected chi connectivity index (χ0v) is 11.5. The fourth-order valence-corrected chi connectivity index (χ4v) is 3.04. The first-order chi connectivity index (χ1) is 9.93. The molecule has 1 aliphatic rings. The van der Waals surface area contributed by atoms with Crippen LogP contribution in [0.25, 0.3) is 11.1 Å². The number of H-pyrrole nitrogens is 1. The predicted octanol–water partition coefficient (Wildman–Crippen LogP) is 4.40. The number of aromatic nitrogens is 1. The molecule has 0 aliphatic heterocycles. The van der Waals surface area contributed by atoms with Crippen LogP contribution in [0, 0.1) is 16.0 Å². The van der Waals surface area contributed by atoms with Crippen LogP contribution in [0.4, 0.5) is 13.2 Å². The minimum absolute atomic E-state index is 0.0644. The van der Waals surface area contributed by atoms with E-state index in [1.54, 1.807) is 18.2 Å². The van der Waals surface area contributed by atoms with Crippen LogP contribution in [-0.2, 0) is 19.0 Å². The fourth-order valence-electron chi connectivity index (χ4n) is 2.77. The molecule has 6 heteroatoms. The summed E-state index contributed by atoms with van der Waals surface area (Å²) in [6, 6.07) is 8.89. The van der Waals surface area contributed by atoms with Crippen molar-refractivity contribution in [2.75, 3.05) is 0 Å². The van der Waals surface area contributed by atoms with Crippen molar-refractivity contribution in [3.05, 3.63) is 51.3 Å². The maximum atomic E-state index is 13.3. The molecular weight excluding hydrogens is 297 g/mol. The van der Waals surface area contributed by atoms with Crippen molar-refractivity contribution in [2.24, 2.45) is 0 Å². The molecular formula is C15H9F3N2S. The highest BCUT2D eigenvalue weighted by Gasteiger charge is 2.38. The third kappa shape index (κ3) is 2.14. The van der Waals surface area contributed by atoms with Gasteiger partial charge in [0.05, 0.1) is 5.56 Å². The van der Waals surface area contributed by atoms with E-state index < -0.39 is 11.9 Å². The summed E-state index contributed by atoms with van der Waals surface area (Å²) in [5.74, 6) is 0. The molecule has 0 fully saturated rings. The van der Waals surface area contributed by atoms with Crippen LogP contribution in [0.15, 0.2) is 24.3 Å². The van der Waals surface area contributed by atoms with E-state index in [-0.39, 0.29) is 15.8 Å². The molecule has 1 heterocycles. The molecule has 2 nitrogen and oxygen atoms in total. The van der Waals surface area contributed by atoms with Gasteiger partial charge in [-0.3, -0.25) is 0 Å². The number of fused-ring (bicyclic) bond motifs is 3. The van der Waals surface area contributed by atoms with E-state index in [4.69, 9.17) is 12.2 Å². The van der Waals surface area contributed by atoms with E-state index in [9.17, 15) is 18.4 Å². The molecule has 0 amide bonds. The molecule has 106 valence electrons. The minimum Gasteiger partial charge on any atom is -0.341 e. The summed E-state index contributed by atoms with van der Waals surface area (Å²) in [6.45, 7) is 0. The maximum absolute atomic E-state index is 13.3. The molecule has 0 bridgehead atoms. The van der Waals surface area contributed by atoms with Gasteiger partial charge in [-0.1, -0.05) is 36.5 Å². The Kier molecular flexibility index (Phi) is 3.10. The van der Waals surface area contributed by atoms with Gasteiger partial charge in [0.2, 0.25) is 0 Å². The van der Waals surface area contributed by atoms with Gasteiger partial charge in [0.15, 0.2) is 0 Å². The van der Waals surface area contributed by atoms with Gasteiger partial charge in [-0.25, -0.2) is 0 Å². The van der Waals surface area contributed by atoms with Crippen molar-refractivity contribution in [1.82, 2.24) is 4.98 Å². The number of benzene rings is 1. The standard InChI is InChI=1S/C15H9F3N2S/c16-15(17,18)13-12-9-4-2-1-3-8(9)5-6-10(12)11(7-19)14(21)20-13/h1-4H,5-6H2,(H,20,21). The van der Waals surface area contributed by atoms with Gasteiger partial charge in [0.1, 0.15) is 16.4 Å². The number of halogens is 3. The SMILES string of the molecule is N#Cc1c2c(c(C(F)(F)F)[nH]c1=S)-c1ccccc1CC2. The van der Waals surface area contributed by atoms with E-state index in [0.717, 1.165) is 5.56 Å². The summed E-state index contributed by atoms with van der Waals surface area (Å²) in [4.78, 5) is 2.20. The molecule has 0 saturated heterocycles. The number of nitrogens with zero attached hydrogens (tertiary/aromatic N) is 1. The Morgan fingerprint density at radius 1 is 1.19 bits per heavy atom. The van der Waals surface area contributed by atoms with Gasteiger partial charge in [0.25, 0.3) is 0 Å². The lowest BCUT2D eigenvalue weighted by molar-refractivity contribution is -0.140. The lowest BCUT2D eigenvalue weighted by Gasteiger charge is -2.24. The quantitative estimate of drug-likeness (QED) is 0.733. The molecule has 0 unspecified atom stereocenters. The lowest BCUT2D eigenvalue weighted by atomic mass is 9.83. The van der Waals surface area contributed by atoms with Crippen LogP contribution < -0.4 is 0 Å². The molecule has 0 saturated carbocycles. The van der Waals surface area contributed by atoms with E-state index >= 15 is 0 Å². The third-order valence-corrected chi connectivity index (χ3v) is 3.95. The van der Waals surface area contributed by atoms with Crippen molar-refractivity contribution < 1.29 is 13.2 Å². The van der Waals surface area contributed by atoms with Gasteiger partial charge < -0.3 is 4.98 Å². The fraction of sp³-hybridized carbons (Fsp3) is 0.200. The smallest absolute Gasteiger partial charge is 0.341 e. The lowest BCUT2D eigenvalue weighted by Crippen LogP contribution is -2.17. The first kappa shape index (κ1) is 13.8. The zero-order valence-electron chi connectivity index (χ0n) is 10.7. The Balaban J connectivity index is 2.46. The average molecular weight is 306 g/mol. The Morgan fingerprint density at radius 3 is 2.57 bits per heavy atom. The molecule has 0 atom stereocenters. The topological polar surface area (TPSA) is 39.6 Å². The third-order valence-electron chi connectivity index (χ3n) is 3.65. The van der Waals surface area contributed by atoms with Gasteiger partial charge in [-0.05, 0) is 29.5 Å². The molecule has 2 aromatic rings. The summed E-state index contributed by atoms with van der Waals surface area (Å²) >= 11 is 4.91. The number of hydrogen-bond acceptors (Lipinski definition) is 2. The summed E-state index contributed by atoms with van der Waals surface area (Å²) in [7, 11) is 0. The van der Waals surface area contributed by atoms with Gasteiger partial charge in [0, 0.05) is 5.56 Å².